The molecule has 3 amide bonds. The molecule has 0 radical (unpaired) electrons. The Kier molecular flexibility index (Phi) is 5.08. The van der Waals surface area contributed by atoms with E-state index < -0.39 is 5.54 Å². The number of rotatable bonds is 4. The highest BCUT2D eigenvalue weighted by atomic mass is 35.5. The van der Waals surface area contributed by atoms with Gasteiger partial charge in [0.1, 0.15) is 11.9 Å². The van der Waals surface area contributed by atoms with Crippen LogP contribution in [0.2, 0.25) is 5.02 Å². The lowest BCUT2D eigenvalue weighted by atomic mass is 9.74. The molecular weight excluding hydrogens is 432 g/mol. The number of amides is 3. The minimum Gasteiger partial charge on any atom is -0.450 e. The molecule has 3 aromatic rings. The first-order chi connectivity index (χ1) is 15.4. The minimum atomic E-state index is -0.541. The van der Waals surface area contributed by atoms with Crippen LogP contribution in [-0.4, -0.2) is 38.7 Å². The second-order valence-electron chi connectivity index (χ2n) is 8.55. The average molecular weight is 457 g/mol. The first kappa shape index (κ1) is 20.8. The minimum absolute atomic E-state index is 0.220. The summed E-state index contributed by atoms with van der Waals surface area (Å²) in [6.07, 6.45) is 6.38. The second-order valence-corrected chi connectivity index (χ2v) is 8.96. The van der Waals surface area contributed by atoms with Crippen molar-refractivity contribution < 1.29 is 14.0 Å². The molecule has 1 aromatic carbocycles. The zero-order chi connectivity index (χ0) is 22.5. The molecule has 168 valence electrons. The highest BCUT2D eigenvalue weighted by Crippen LogP contribution is 2.49. The number of hydrogen-bond acceptors (Lipinski definition) is 5. The molecule has 1 saturated carbocycles. The normalized spacial score (nSPS) is 17.2. The molecule has 1 aliphatic carbocycles. The number of hydrogen-bond donors (Lipinski definition) is 2. The number of furan rings is 1. The predicted molar refractivity (Wildman–Crippen MR) is 120 cm³/mol. The summed E-state index contributed by atoms with van der Waals surface area (Å²) < 4.78 is 8.05. The summed E-state index contributed by atoms with van der Waals surface area (Å²) >= 11 is 6.57. The van der Waals surface area contributed by atoms with Crippen molar-refractivity contribution in [3.05, 3.63) is 40.6 Å². The van der Waals surface area contributed by atoms with Crippen molar-refractivity contribution in [1.29, 1.82) is 0 Å². The zero-order valence-corrected chi connectivity index (χ0v) is 18.8. The number of aryl methyl sites for hydroxylation is 1. The molecule has 2 N–H and O–H groups in total. The molecule has 2 aromatic heterocycles. The topological polar surface area (TPSA) is 105 Å². The van der Waals surface area contributed by atoms with E-state index in [1.54, 1.807) is 30.4 Å². The van der Waals surface area contributed by atoms with Crippen molar-refractivity contribution in [2.45, 2.75) is 57.7 Å². The second kappa shape index (κ2) is 7.81. The average Bonchev–Trinajstić information content (AvgIpc) is 3.40. The Morgan fingerprint density at radius 2 is 2.09 bits per heavy atom. The lowest BCUT2D eigenvalue weighted by molar-refractivity contribution is 0.0750. The number of halogens is 1. The number of aromatic nitrogens is 3. The van der Waals surface area contributed by atoms with Gasteiger partial charge in [0.25, 0.3) is 5.91 Å². The maximum atomic E-state index is 13.2. The molecule has 5 rings (SSSR count). The Morgan fingerprint density at radius 1 is 1.31 bits per heavy atom. The molecule has 0 atom stereocenters. The van der Waals surface area contributed by atoms with E-state index in [2.05, 4.69) is 20.8 Å². The van der Waals surface area contributed by atoms with Crippen LogP contribution in [0.1, 0.15) is 61.0 Å². The largest absolute Gasteiger partial charge is 0.450 e. The molecule has 1 aliphatic heterocycles. The van der Waals surface area contributed by atoms with Crippen LogP contribution < -0.4 is 10.6 Å². The summed E-state index contributed by atoms with van der Waals surface area (Å²) in [4.78, 5) is 27.1. The quantitative estimate of drug-likeness (QED) is 0.610. The Morgan fingerprint density at radius 3 is 2.84 bits per heavy atom. The van der Waals surface area contributed by atoms with E-state index in [4.69, 9.17) is 16.0 Å². The van der Waals surface area contributed by atoms with Gasteiger partial charge in [-0.15, -0.1) is 10.2 Å². The third kappa shape index (κ3) is 3.31. The molecule has 1 spiro atoms. The number of urea groups is 1. The first-order valence-corrected chi connectivity index (χ1v) is 11.3. The van der Waals surface area contributed by atoms with Gasteiger partial charge in [-0.2, -0.15) is 0 Å². The van der Waals surface area contributed by atoms with Gasteiger partial charge in [0, 0.05) is 24.5 Å². The molecule has 0 unspecified atom stereocenters. The van der Waals surface area contributed by atoms with E-state index >= 15 is 0 Å². The first-order valence-electron chi connectivity index (χ1n) is 10.9. The molecule has 10 heteroatoms. The third-order valence-corrected chi connectivity index (χ3v) is 6.81. The molecule has 3 heterocycles. The van der Waals surface area contributed by atoms with Gasteiger partial charge in [0.05, 0.1) is 22.8 Å². The van der Waals surface area contributed by atoms with Gasteiger partial charge >= 0.3 is 6.03 Å². The highest BCUT2D eigenvalue weighted by molar-refractivity contribution is 6.35. The van der Waals surface area contributed by atoms with Gasteiger partial charge in [-0.3, -0.25) is 4.79 Å². The van der Waals surface area contributed by atoms with Crippen molar-refractivity contribution in [2.75, 3.05) is 12.4 Å². The van der Waals surface area contributed by atoms with E-state index in [9.17, 15) is 9.59 Å². The van der Waals surface area contributed by atoms with Crippen LogP contribution in [0.3, 0.4) is 0 Å². The van der Waals surface area contributed by atoms with Crippen LogP contribution in [-0.2, 0) is 18.6 Å². The number of nitrogens with one attached hydrogen (secondary N) is 2. The van der Waals surface area contributed by atoms with Gasteiger partial charge in [-0.05, 0) is 31.9 Å². The number of carbonyl (C=O) groups is 2. The maximum absolute atomic E-state index is 13.2. The SMILES string of the molecule is CCn1cnnc1CN(C)C(=O)c1cc2cc(Cl)c3c(c2o1)C1(CCCCC1)NC(=O)N3. The summed E-state index contributed by atoms with van der Waals surface area (Å²) in [7, 11) is 1.71. The fourth-order valence-electron chi connectivity index (χ4n) is 4.93. The fraction of sp³-hybridized carbons (Fsp3) is 0.455. The van der Waals surface area contributed by atoms with Gasteiger partial charge < -0.3 is 24.5 Å². The van der Waals surface area contributed by atoms with E-state index in [1.165, 1.54) is 0 Å². The van der Waals surface area contributed by atoms with Crippen LogP contribution in [0.15, 0.2) is 22.9 Å². The lowest BCUT2D eigenvalue weighted by Gasteiger charge is -2.42. The maximum Gasteiger partial charge on any atom is 0.319 e. The fourth-order valence-corrected chi connectivity index (χ4v) is 5.19. The summed E-state index contributed by atoms with van der Waals surface area (Å²) in [6, 6.07) is 3.20. The van der Waals surface area contributed by atoms with Crippen LogP contribution >= 0.6 is 11.6 Å². The Hall–Kier alpha value is -3.07. The Labute approximate surface area is 190 Å². The molecule has 9 nitrogen and oxygen atoms in total. The Balaban J connectivity index is 1.55. The number of nitrogens with zero attached hydrogens (tertiary/aromatic N) is 4. The van der Waals surface area contributed by atoms with Crippen molar-refractivity contribution in [3.63, 3.8) is 0 Å². The van der Waals surface area contributed by atoms with Crippen LogP contribution in [0.4, 0.5) is 10.5 Å². The number of anilines is 1. The molecular formula is C22H25ClN6O3. The highest BCUT2D eigenvalue weighted by Gasteiger charge is 2.44. The molecule has 0 bridgehead atoms. The van der Waals surface area contributed by atoms with Crippen LogP contribution in [0.25, 0.3) is 11.0 Å². The lowest BCUT2D eigenvalue weighted by Crippen LogP contribution is -2.52. The molecule has 0 saturated heterocycles. The van der Waals surface area contributed by atoms with Crippen molar-refractivity contribution in [3.8, 4) is 0 Å². The van der Waals surface area contributed by atoms with E-state index in [0.717, 1.165) is 49.6 Å². The van der Waals surface area contributed by atoms with E-state index in [1.807, 2.05) is 11.5 Å². The number of fused-ring (bicyclic) bond motifs is 4. The molecule has 1 fully saturated rings. The Bertz CT molecular complexity index is 1210. The summed E-state index contributed by atoms with van der Waals surface area (Å²) in [5.74, 6) is 0.660. The summed E-state index contributed by atoms with van der Waals surface area (Å²) in [5.41, 5.74) is 1.46. The summed E-state index contributed by atoms with van der Waals surface area (Å²) in [6.45, 7) is 3.03. The third-order valence-electron chi connectivity index (χ3n) is 6.51. The van der Waals surface area contributed by atoms with Crippen LogP contribution in [0.5, 0.6) is 0 Å². The molecule has 2 aliphatic rings. The standard InChI is InChI=1S/C22H25ClN6O3/c1-3-29-12-24-27-16(29)11-28(2)20(30)15-10-13-9-14(23)18-17(19(13)32-15)22(26-21(31)25-18)7-5-4-6-8-22/h9-10,12H,3-8,11H2,1-2H3,(H2,25,26,31). The van der Waals surface area contributed by atoms with Gasteiger partial charge in [-0.25, -0.2) is 4.79 Å². The smallest absolute Gasteiger partial charge is 0.319 e. The van der Waals surface area contributed by atoms with Gasteiger partial charge in [-0.1, -0.05) is 30.9 Å². The van der Waals surface area contributed by atoms with Crippen molar-refractivity contribution in [1.82, 2.24) is 25.0 Å². The van der Waals surface area contributed by atoms with Gasteiger partial charge in [0.15, 0.2) is 11.6 Å². The summed E-state index contributed by atoms with van der Waals surface area (Å²) in [5, 5.41) is 15.2. The van der Waals surface area contributed by atoms with E-state index in [-0.39, 0.29) is 17.7 Å². The van der Waals surface area contributed by atoms with Crippen LogP contribution in [0, 0.1) is 0 Å². The number of carbonyl (C=O) groups excluding carboxylic acids is 2. The van der Waals surface area contributed by atoms with Gasteiger partial charge in [0.2, 0.25) is 0 Å². The van der Waals surface area contributed by atoms with E-state index in [0.29, 0.717) is 28.7 Å². The monoisotopic (exact) mass is 456 g/mol. The zero-order valence-electron chi connectivity index (χ0n) is 18.1. The predicted octanol–water partition coefficient (Wildman–Crippen LogP) is 4.26. The van der Waals surface area contributed by atoms with Crippen molar-refractivity contribution >= 4 is 40.2 Å². The number of benzene rings is 1. The van der Waals surface area contributed by atoms with Crippen molar-refractivity contribution in [2.24, 2.45) is 0 Å². The molecule has 32 heavy (non-hydrogen) atoms.